The highest BCUT2D eigenvalue weighted by Gasteiger charge is 2.31. The highest BCUT2D eigenvalue weighted by molar-refractivity contribution is 5.77. The number of hydrogen-bond donors (Lipinski definition) is 1. The molecular formula is C19H27FN2O3. The summed E-state index contributed by atoms with van der Waals surface area (Å²) >= 11 is 0. The van der Waals surface area contributed by atoms with Crippen molar-refractivity contribution >= 4 is 5.91 Å². The first-order chi connectivity index (χ1) is 12.1. The number of carbonyl (C=O) groups excluding carboxylic acids is 1. The lowest BCUT2D eigenvalue weighted by molar-refractivity contribution is -0.136. The molecule has 2 aliphatic rings. The lowest BCUT2D eigenvalue weighted by Crippen LogP contribution is -2.49. The van der Waals surface area contributed by atoms with Crippen LogP contribution in [0.4, 0.5) is 4.39 Å². The molecule has 138 valence electrons. The Hall–Kier alpha value is -1.66. The maximum Gasteiger partial charge on any atom is 0.260 e. The van der Waals surface area contributed by atoms with Crippen LogP contribution in [0.5, 0.6) is 5.75 Å². The number of carbonyl (C=O) groups is 1. The molecule has 2 aliphatic heterocycles. The van der Waals surface area contributed by atoms with Crippen molar-refractivity contribution in [2.75, 3.05) is 45.9 Å². The molecule has 2 heterocycles. The van der Waals surface area contributed by atoms with E-state index in [9.17, 15) is 14.3 Å². The summed E-state index contributed by atoms with van der Waals surface area (Å²) in [5, 5.41) is 9.58. The van der Waals surface area contributed by atoms with Crippen LogP contribution in [0.1, 0.15) is 19.3 Å². The zero-order chi connectivity index (χ0) is 17.6. The van der Waals surface area contributed by atoms with Crippen molar-refractivity contribution in [1.29, 1.82) is 0 Å². The van der Waals surface area contributed by atoms with Crippen molar-refractivity contribution in [3.63, 3.8) is 0 Å². The molecule has 2 fully saturated rings. The first kappa shape index (κ1) is 18.1. The Labute approximate surface area is 148 Å². The van der Waals surface area contributed by atoms with Gasteiger partial charge in [-0.1, -0.05) is 6.07 Å². The van der Waals surface area contributed by atoms with Crippen LogP contribution >= 0.6 is 0 Å². The first-order valence-corrected chi connectivity index (χ1v) is 9.13. The fraction of sp³-hybridized carbons (Fsp3) is 0.632. The third kappa shape index (κ3) is 5.16. The summed E-state index contributed by atoms with van der Waals surface area (Å²) < 4.78 is 18.6. The Bertz CT molecular complexity index is 578. The standard InChI is InChI=1S/C19H27FN2O3/c20-17-4-3-5-18(9-17)25-14-19(24)22-11-15(8-16(12-22)13-23)10-21-6-1-2-7-21/h3-5,9,15-16,23H,1-2,6-8,10-14H2/t15-,16+/m1/s1. The molecule has 1 aromatic rings. The van der Waals surface area contributed by atoms with Crippen LogP contribution in [-0.4, -0.2) is 66.8 Å². The van der Waals surface area contributed by atoms with Crippen LogP contribution in [0.2, 0.25) is 0 Å². The van der Waals surface area contributed by atoms with E-state index in [-0.39, 0.29) is 30.9 Å². The number of piperidine rings is 1. The number of hydrogen-bond acceptors (Lipinski definition) is 4. The predicted molar refractivity (Wildman–Crippen MR) is 92.8 cm³/mol. The molecule has 0 spiro atoms. The van der Waals surface area contributed by atoms with Crippen LogP contribution in [0.3, 0.4) is 0 Å². The van der Waals surface area contributed by atoms with E-state index in [0.717, 1.165) is 26.1 Å². The van der Waals surface area contributed by atoms with E-state index in [1.807, 2.05) is 0 Å². The van der Waals surface area contributed by atoms with Crippen molar-refractivity contribution in [2.24, 2.45) is 11.8 Å². The van der Waals surface area contributed by atoms with Gasteiger partial charge < -0.3 is 19.6 Å². The molecule has 3 rings (SSSR count). The monoisotopic (exact) mass is 350 g/mol. The molecule has 1 aromatic carbocycles. The second-order valence-corrected chi connectivity index (χ2v) is 7.20. The number of amides is 1. The number of benzene rings is 1. The van der Waals surface area contributed by atoms with E-state index in [1.165, 1.54) is 25.0 Å². The molecule has 0 unspecified atom stereocenters. The average Bonchev–Trinajstić information content (AvgIpc) is 3.12. The van der Waals surface area contributed by atoms with Crippen LogP contribution in [0.15, 0.2) is 24.3 Å². The lowest BCUT2D eigenvalue weighted by Gasteiger charge is -2.38. The van der Waals surface area contributed by atoms with Crippen LogP contribution in [0.25, 0.3) is 0 Å². The number of nitrogens with zero attached hydrogens (tertiary/aromatic N) is 2. The third-order valence-electron chi connectivity index (χ3n) is 5.11. The van der Waals surface area contributed by atoms with E-state index in [0.29, 0.717) is 24.8 Å². The van der Waals surface area contributed by atoms with Gasteiger partial charge in [0, 0.05) is 32.3 Å². The van der Waals surface area contributed by atoms with Gasteiger partial charge in [0.15, 0.2) is 6.61 Å². The van der Waals surface area contributed by atoms with Gasteiger partial charge in [0.05, 0.1) is 0 Å². The van der Waals surface area contributed by atoms with Gasteiger partial charge >= 0.3 is 0 Å². The van der Waals surface area contributed by atoms with Crippen LogP contribution in [0, 0.1) is 17.7 Å². The summed E-state index contributed by atoms with van der Waals surface area (Å²) in [6.45, 7) is 4.54. The summed E-state index contributed by atoms with van der Waals surface area (Å²) in [5.74, 6) is 0.391. The summed E-state index contributed by atoms with van der Waals surface area (Å²) in [5.41, 5.74) is 0. The maximum absolute atomic E-state index is 13.2. The van der Waals surface area contributed by atoms with Crippen molar-refractivity contribution in [2.45, 2.75) is 19.3 Å². The Balaban J connectivity index is 1.54. The molecule has 5 nitrogen and oxygen atoms in total. The first-order valence-electron chi connectivity index (χ1n) is 9.13. The molecule has 0 radical (unpaired) electrons. The summed E-state index contributed by atoms with van der Waals surface area (Å²) in [7, 11) is 0. The van der Waals surface area contributed by atoms with Crippen molar-refractivity contribution in [3.05, 3.63) is 30.1 Å². The van der Waals surface area contributed by atoms with E-state index in [2.05, 4.69) is 4.90 Å². The van der Waals surface area contributed by atoms with Gasteiger partial charge in [-0.15, -0.1) is 0 Å². The van der Waals surface area contributed by atoms with Crippen LogP contribution in [-0.2, 0) is 4.79 Å². The van der Waals surface area contributed by atoms with Gasteiger partial charge in [0.25, 0.3) is 5.91 Å². The molecule has 0 aromatic heterocycles. The van der Waals surface area contributed by atoms with Crippen molar-refractivity contribution in [1.82, 2.24) is 9.80 Å². The Morgan fingerprint density at radius 3 is 2.72 bits per heavy atom. The van der Waals surface area contributed by atoms with Gasteiger partial charge in [-0.3, -0.25) is 4.79 Å². The minimum atomic E-state index is -0.381. The van der Waals surface area contributed by atoms with E-state index < -0.39 is 0 Å². The number of ether oxygens (including phenoxy) is 1. The van der Waals surface area contributed by atoms with Gasteiger partial charge in [-0.25, -0.2) is 4.39 Å². The van der Waals surface area contributed by atoms with Gasteiger partial charge in [0.2, 0.25) is 0 Å². The molecule has 2 saturated heterocycles. The molecular weight excluding hydrogens is 323 g/mol. The number of likely N-dealkylation sites (tertiary alicyclic amines) is 2. The summed E-state index contributed by atoms with van der Waals surface area (Å²) in [4.78, 5) is 16.8. The van der Waals surface area contributed by atoms with E-state index in [4.69, 9.17) is 4.74 Å². The topological polar surface area (TPSA) is 53.0 Å². The van der Waals surface area contributed by atoms with E-state index >= 15 is 0 Å². The van der Waals surface area contributed by atoms with E-state index in [1.54, 1.807) is 17.0 Å². The van der Waals surface area contributed by atoms with Crippen LogP contribution < -0.4 is 4.74 Å². The molecule has 0 saturated carbocycles. The van der Waals surface area contributed by atoms with Gasteiger partial charge in [-0.05, 0) is 56.3 Å². The maximum atomic E-state index is 13.2. The Kier molecular flexibility index (Phi) is 6.26. The summed E-state index contributed by atoms with van der Waals surface area (Å²) in [6.07, 6.45) is 3.46. The quantitative estimate of drug-likeness (QED) is 0.849. The smallest absolute Gasteiger partial charge is 0.260 e. The fourth-order valence-corrected chi connectivity index (χ4v) is 3.91. The van der Waals surface area contributed by atoms with Crippen molar-refractivity contribution < 1.29 is 19.0 Å². The number of halogens is 1. The number of rotatable bonds is 6. The minimum Gasteiger partial charge on any atom is -0.484 e. The second kappa shape index (κ2) is 8.63. The fourth-order valence-electron chi connectivity index (χ4n) is 3.91. The summed E-state index contributed by atoms with van der Waals surface area (Å²) in [6, 6.07) is 5.81. The predicted octanol–water partition coefficient (Wildman–Crippen LogP) is 1.76. The SMILES string of the molecule is O=C(COc1cccc(F)c1)N1C[C@@H](CN2CCCC2)C[C@H](CO)C1. The largest absolute Gasteiger partial charge is 0.484 e. The zero-order valence-electron chi connectivity index (χ0n) is 14.6. The normalized spacial score (nSPS) is 24.5. The average molecular weight is 350 g/mol. The molecule has 6 heteroatoms. The number of aliphatic hydroxyl groups is 1. The highest BCUT2D eigenvalue weighted by atomic mass is 19.1. The lowest BCUT2D eigenvalue weighted by atomic mass is 9.89. The second-order valence-electron chi connectivity index (χ2n) is 7.20. The molecule has 25 heavy (non-hydrogen) atoms. The molecule has 1 amide bonds. The Morgan fingerprint density at radius 1 is 1.24 bits per heavy atom. The zero-order valence-corrected chi connectivity index (χ0v) is 14.6. The van der Waals surface area contributed by atoms with Crippen molar-refractivity contribution in [3.8, 4) is 5.75 Å². The highest BCUT2D eigenvalue weighted by Crippen LogP contribution is 2.24. The van der Waals surface area contributed by atoms with Gasteiger partial charge in [0.1, 0.15) is 11.6 Å². The minimum absolute atomic E-state index is 0.0992. The number of aliphatic hydroxyl groups excluding tert-OH is 1. The molecule has 2 atom stereocenters. The van der Waals surface area contributed by atoms with Gasteiger partial charge in [-0.2, -0.15) is 0 Å². The molecule has 0 bridgehead atoms. The molecule has 0 aliphatic carbocycles. The molecule has 1 N–H and O–H groups in total. The third-order valence-corrected chi connectivity index (χ3v) is 5.11. The Morgan fingerprint density at radius 2 is 2.00 bits per heavy atom.